The molecule has 2 aromatic heterocycles. The lowest BCUT2D eigenvalue weighted by atomic mass is 9.90. The minimum absolute atomic E-state index is 0.110. The molecule has 0 saturated carbocycles. The molecule has 3 nitrogen and oxygen atoms in total. The van der Waals surface area contributed by atoms with Gasteiger partial charge in [-0.15, -0.1) is 0 Å². The van der Waals surface area contributed by atoms with Crippen molar-refractivity contribution in [1.82, 2.24) is 9.13 Å². The molecule has 0 unspecified atom stereocenters. The van der Waals surface area contributed by atoms with Gasteiger partial charge in [0.05, 0.1) is 50.6 Å². The minimum Gasteiger partial charge on any atom is -0.309 e. The molecule has 0 bridgehead atoms. The summed E-state index contributed by atoms with van der Waals surface area (Å²) in [4.78, 5) is 0. The number of hydrogen-bond donors (Lipinski definition) is 0. The fourth-order valence-electron chi connectivity index (χ4n) is 13.2. The second kappa shape index (κ2) is 20.1. The van der Waals surface area contributed by atoms with Crippen molar-refractivity contribution in [2.45, 2.75) is 68.5 Å². The van der Waals surface area contributed by atoms with E-state index in [-0.39, 0.29) is 5.56 Å². The lowest BCUT2D eigenvalue weighted by Gasteiger charge is -2.22. The number of fused-ring (bicyclic) bond motifs is 6. The number of nitriles is 1. The molecule has 0 atom stereocenters. The van der Waals surface area contributed by atoms with Gasteiger partial charge >= 0.3 is 6.18 Å². The van der Waals surface area contributed by atoms with Gasteiger partial charge in [-0.2, -0.15) is 18.4 Å². The Kier molecular flexibility index (Phi) is 12.7. The molecule has 0 spiro atoms. The number of aromatic nitrogens is 2. The highest BCUT2D eigenvalue weighted by Crippen LogP contribution is 2.47. The zero-order valence-corrected chi connectivity index (χ0v) is 48.0. The highest BCUT2D eigenvalue weighted by atomic mass is 19.4. The van der Waals surface area contributed by atoms with Gasteiger partial charge in [-0.25, -0.2) is 0 Å². The van der Waals surface area contributed by atoms with Gasteiger partial charge in [0.15, 0.2) is 0 Å². The Bertz CT molecular complexity index is 4680. The Morgan fingerprint density at radius 3 is 1.02 bits per heavy atom. The second-order valence-corrected chi connectivity index (χ2v) is 22.9. The van der Waals surface area contributed by atoms with Crippen LogP contribution >= 0.6 is 0 Å². The van der Waals surface area contributed by atoms with Crippen LogP contribution in [-0.4, -0.2) is 9.13 Å². The summed E-state index contributed by atoms with van der Waals surface area (Å²) in [5, 5.41) is 15.0. The number of aryl methyl sites for hydroxylation is 9. The zero-order valence-electron chi connectivity index (χ0n) is 48.0. The SMILES string of the molecule is Cc1ccc(-c2ccc3c(c2)c2cc(-c4ccc(C)cc4C)ccc2n3-c2ccc(C#N)cc2-c2cc(-c3c(C)cccc3C(F)(F)F)ccc2-n2c3ccc(-c4ccc(C)cc4C)cc3c3cc(-c4ccc(C)cc4C)ccc32)c(C)c1. The smallest absolute Gasteiger partial charge is 0.309 e. The van der Waals surface area contributed by atoms with Crippen molar-refractivity contribution in [2.75, 3.05) is 0 Å². The normalized spacial score (nSPS) is 11.8. The maximum atomic E-state index is 15.3. The average Bonchev–Trinajstić information content (AvgIpc) is 2.11. The van der Waals surface area contributed by atoms with Crippen molar-refractivity contribution in [3.63, 3.8) is 0 Å². The number of nitrogens with zero attached hydrogens (tertiary/aromatic N) is 3. The van der Waals surface area contributed by atoms with E-state index in [0.29, 0.717) is 27.8 Å². The van der Waals surface area contributed by atoms with Crippen LogP contribution in [0.4, 0.5) is 13.2 Å². The third kappa shape index (κ3) is 9.09. The van der Waals surface area contributed by atoms with Crippen LogP contribution in [0, 0.1) is 73.6 Å². The summed E-state index contributed by atoms with van der Waals surface area (Å²) in [6.07, 6.45) is -4.63. The fourth-order valence-corrected chi connectivity index (χ4v) is 13.2. The van der Waals surface area contributed by atoms with Crippen LogP contribution in [-0.2, 0) is 6.18 Å². The molecule has 13 rings (SSSR count). The molecular weight excluding hydrogens is 1020 g/mol. The topological polar surface area (TPSA) is 33.6 Å². The van der Waals surface area contributed by atoms with E-state index in [1.54, 1.807) is 13.0 Å². The third-order valence-corrected chi connectivity index (χ3v) is 17.1. The summed E-state index contributed by atoms with van der Waals surface area (Å²) >= 11 is 0. The first-order valence-corrected chi connectivity index (χ1v) is 28.3. The maximum Gasteiger partial charge on any atom is 0.417 e. The van der Waals surface area contributed by atoms with E-state index < -0.39 is 11.7 Å². The van der Waals surface area contributed by atoms with E-state index >= 15 is 13.2 Å². The van der Waals surface area contributed by atoms with E-state index in [0.717, 1.165) is 99.5 Å². The summed E-state index contributed by atoms with van der Waals surface area (Å²) in [5.41, 5.74) is 25.8. The lowest BCUT2D eigenvalue weighted by molar-refractivity contribution is -0.137. The molecule has 404 valence electrons. The van der Waals surface area contributed by atoms with Crippen LogP contribution in [0.3, 0.4) is 0 Å². The highest BCUT2D eigenvalue weighted by molar-refractivity contribution is 6.14. The van der Waals surface area contributed by atoms with Gasteiger partial charge in [-0.3, -0.25) is 0 Å². The highest BCUT2D eigenvalue weighted by Gasteiger charge is 2.35. The molecule has 0 saturated heterocycles. The van der Waals surface area contributed by atoms with Gasteiger partial charge in [0.2, 0.25) is 0 Å². The molecule has 11 aromatic carbocycles. The van der Waals surface area contributed by atoms with Crippen molar-refractivity contribution < 1.29 is 13.2 Å². The molecule has 0 radical (unpaired) electrons. The minimum atomic E-state index is -4.63. The van der Waals surface area contributed by atoms with Gasteiger partial charge in [0.1, 0.15) is 0 Å². The van der Waals surface area contributed by atoms with Crippen LogP contribution in [0.1, 0.15) is 61.2 Å². The predicted octanol–water partition coefficient (Wildman–Crippen LogP) is 21.5. The fraction of sp³-hybridized carbons (Fsp3) is 0.130. The summed E-state index contributed by atoms with van der Waals surface area (Å²) in [5.74, 6) is 0. The first-order chi connectivity index (χ1) is 39.9. The Labute approximate surface area is 482 Å². The van der Waals surface area contributed by atoms with E-state index in [1.165, 1.54) is 56.6 Å². The summed E-state index contributed by atoms with van der Waals surface area (Å²) < 4.78 is 50.6. The Hall–Kier alpha value is -9.70. The number of halogens is 3. The number of hydrogen-bond acceptors (Lipinski definition) is 1. The van der Waals surface area contributed by atoms with Gasteiger partial charge in [-0.05, 0) is 231 Å². The molecule has 83 heavy (non-hydrogen) atoms. The first-order valence-electron chi connectivity index (χ1n) is 28.3. The van der Waals surface area contributed by atoms with Crippen LogP contribution in [0.25, 0.3) is 122 Å². The van der Waals surface area contributed by atoms with Crippen LogP contribution in [0.5, 0.6) is 0 Å². The lowest BCUT2D eigenvalue weighted by Crippen LogP contribution is -2.08. The van der Waals surface area contributed by atoms with Gasteiger partial charge in [-0.1, -0.05) is 138 Å². The number of benzene rings is 11. The van der Waals surface area contributed by atoms with Gasteiger partial charge in [0, 0.05) is 32.7 Å². The van der Waals surface area contributed by atoms with E-state index in [4.69, 9.17) is 0 Å². The molecule has 6 heteroatoms. The second-order valence-electron chi connectivity index (χ2n) is 22.9. The molecule has 0 amide bonds. The number of alkyl halides is 3. The van der Waals surface area contributed by atoms with Gasteiger partial charge in [0.25, 0.3) is 0 Å². The summed E-state index contributed by atoms with van der Waals surface area (Å²) in [6.45, 7) is 18.8. The molecule has 13 aromatic rings. The van der Waals surface area contributed by atoms with Crippen LogP contribution in [0.15, 0.2) is 200 Å². The molecule has 0 aliphatic heterocycles. The molecule has 0 fully saturated rings. The van der Waals surface area contributed by atoms with Crippen molar-refractivity contribution in [1.29, 1.82) is 5.26 Å². The molecular formula is C77H60F3N3. The Morgan fingerprint density at radius 2 is 0.675 bits per heavy atom. The summed E-state index contributed by atoms with van der Waals surface area (Å²) in [6, 6.07) is 71.2. The molecule has 2 heterocycles. The average molecular weight is 1080 g/mol. The summed E-state index contributed by atoms with van der Waals surface area (Å²) in [7, 11) is 0. The monoisotopic (exact) mass is 1080 g/mol. The zero-order chi connectivity index (χ0) is 57.7. The first kappa shape index (κ1) is 52.7. The van der Waals surface area contributed by atoms with Crippen LogP contribution in [0.2, 0.25) is 0 Å². The maximum absolute atomic E-state index is 15.3. The quantitative estimate of drug-likeness (QED) is 0.149. The van der Waals surface area contributed by atoms with E-state index in [9.17, 15) is 5.26 Å². The van der Waals surface area contributed by atoms with Crippen molar-refractivity contribution in [2.24, 2.45) is 0 Å². The largest absolute Gasteiger partial charge is 0.417 e. The van der Waals surface area contributed by atoms with Crippen LogP contribution < -0.4 is 0 Å². The van der Waals surface area contributed by atoms with Crippen molar-refractivity contribution in [3.8, 4) is 84.2 Å². The standard InChI is InChI=1S/C77H60F3N3/c1-44-13-23-59(49(6)33-44)54-18-28-71-64(38-54)65-39-55(60-24-14-45(2)34-50(60)7)19-29-72(65)82(71)70-27-17-53(43-81)37-63(70)68-42-58(76-48(5)11-10-12-69(76)77(78,79)80)22-32-75(68)83-73-30-20-56(61-25-15-46(3)35-51(61)8)40-66(73)67-41-57(21-31-74(67)83)62-26-16-47(4)36-52(62)9/h10-42H,1-9H3. The van der Waals surface area contributed by atoms with Crippen molar-refractivity contribution in [3.05, 3.63) is 261 Å². The van der Waals surface area contributed by atoms with Crippen molar-refractivity contribution >= 4 is 43.6 Å². The van der Waals surface area contributed by atoms with E-state index in [2.05, 4.69) is 216 Å². The van der Waals surface area contributed by atoms with E-state index in [1.807, 2.05) is 36.4 Å². The molecule has 0 aliphatic carbocycles. The Balaban J connectivity index is 1.14. The predicted molar refractivity (Wildman–Crippen MR) is 340 cm³/mol. The Morgan fingerprint density at radius 1 is 0.325 bits per heavy atom. The molecule has 0 N–H and O–H groups in total. The number of rotatable bonds is 8. The third-order valence-electron chi connectivity index (χ3n) is 17.1. The van der Waals surface area contributed by atoms with Gasteiger partial charge < -0.3 is 9.13 Å². The molecule has 0 aliphatic rings.